The van der Waals surface area contributed by atoms with Gasteiger partial charge in [0.15, 0.2) is 5.75 Å². The first kappa shape index (κ1) is 14.7. The molecular weight excluding hydrogens is 256 g/mol. The summed E-state index contributed by atoms with van der Waals surface area (Å²) in [6.07, 6.45) is 1.52. The topological polar surface area (TPSA) is 70.6 Å². The lowest BCUT2D eigenvalue weighted by Crippen LogP contribution is -2.40. The van der Waals surface area contributed by atoms with Crippen molar-refractivity contribution < 1.29 is 14.6 Å². The summed E-state index contributed by atoms with van der Waals surface area (Å²) in [6, 6.07) is 5.44. The Bertz CT molecular complexity index is 486. The van der Waals surface area contributed by atoms with Crippen molar-refractivity contribution in [1.82, 2.24) is 5.32 Å². The molecule has 0 bridgehead atoms. The minimum atomic E-state index is -0.877. The van der Waals surface area contributed by atoms with E-state index in [1.54, 1.807) is 13.0 Å². The Balaban J connectivity index is 2.06. The number of hydrogen-bond donors (Lipinski definition) is 3. The highest BCUT2D eigenvalue weighted by atomic mass is 16.5. The van der Waals surface area contributed by atoms with Crippen molar-refractivity contribution in [3.05, 3.63) is 23.8 Å². The fraction of sp³-hybridized carbons (Fsp3) is 0.533. The molecule has 1 aromatic rings. The number of carbonyl (C=O) groups excluding carboxylic acids is 1. The monoisotopic (exact) mass is 278 g/mol. The second kappa shape index (κ2) is 6.13. The summed E-state index contributed by atoms with van der Waals surface area (Å²) in [4.78, 5) is 12.2. The van der Waals surface area contributed by atoms with Gasteiger partial charge in [-0.3, -0.25) is 4.79 Å². The molecular formula is C15H22N2O3. The average molecular weight is 278 g/mol. The molecule has 1 amide bonds. The van der Waals surface area contributed by atoms with Gasteiger partial charge in [0.1, 0.15) is 6.61 Å². The van der Waals surface area contributed by atoms with E-state index in [9.17, 15) is 9.90 Å². The van der Waals surface area contributed by atoms with Gasteiger partial charge >= 0.3 is 0 Å². The van der Waals surface area contributed by atoms with Crippen LogP contribution in [0.2, 0.25) is 0 Å². The van der Waals surface area contributed by atoms with Crippen molar-refractivity contribution in [2.24, 2.45) is 0 Å². The summed E-state index contributed by atoms with van der Waals surface area (Å²) in [5, 5.41) is 16.1. The highest BCUT2D eigenvalue weighted by molar-refractivity contribution is 5.99. The maximum absolute atomic E-state index is 12.2. The molecule has 1 unspecified atom stereocenters. The maximum atomic E-state index is 12.2. The van der Waals surface area contributed by atoms with Crippen molar-refractivity contribution in [3.63, 3.8) is 0 Å². The van der Waals surface area contributed by atoms with Crippen molar-refractivity contribution in [3.8, 4) is 5.75 Å². The van der Waals surface area contributed by atoms with E-state index in [-0.39, 0.29) is 12.5 Å². The number of carbonyl (C=O) groups is 1. The molecule has 0 aromatic heterocycles. The number of anilines is 1. The van der Waals surface area contributed by atoms with Crippen LogP contribution in [0.4, 0.5) is 5.69 Å². The highest BCUT2D eigenvalue weighted by Gasteiger charge is 2.23. The van der Waals surface area contributed by atoms with Crippen molar-refractivity contribution >= 4 is 11.6 Å². The summed E-state index contributed by atoms with van der Waals surface area (Å²) in [6.45, 7) is 5.25. The summed E-state index contributed by atoms with van der Waals surface area (Å²) < 4.78 is 5.57. The zero-order chi connectivity index (χ0) is 14.6. The molecule has 20 heavy (non-hydrogen) atoms. The van der Waals surface area contributed by atoms with Gasteiger partial charge in [-0.1, -0.05) is 19.4 Å². The SMILES string of the molecule is CCCC(C)(O)CNC(=O)c1cccc2c1OCCN2. The van der Waals surface area contributed by atoms with Crippen LogP contribution in [-0.2, 0) is 0 Å². The van der Waals surface area contributed by atoms with Crippen LogP contribution in [0, 0.1) is 0 Å². The summed E-state index contributed by atoms with van der Waals surface area (Å²) >= 11 is 0. The number of benzene rings is 1. The van der Waals surface area contributed by atoms with Crippen molar-refractivity contribution in [2.45, 2.75) is 32.3 Å². The lowest BCUT2D eigenvalue weighted by atomic mass is 10.0. The van der Waals surface area contributed by atoms with E-state index in [0.717, 1.165) is 18.7 Å². The van der Waals surface area contributed by atoms with Gasteiger partial charge in [-0.05, 0) is 25.5 Å². The summed E-state index contributed by atoms with van der Waals surface area (Å²) in [7, 11) is 0. The number of ether oxygens (including phenoxy) is 1. The number of aliphatic hydroxyl groups is 1. The van der Waals surface area contributed by atoms with E-state index >= 15 is 0 Å². The average Bonchev–Trinajstić information content (AvgIpc) is 2.44. The summed E-state index contributed by atoms with van der Waals surface area (Å²) in [5.41, 5.74) is 0.462. The molecule has 1 atom stereocenters. The molecule has 1 aliphatic heterocycles. The molecule has 1 heterocycles. The van der Waals surface area contributed by atoms with Gasteiger partial charge in [-0.15, -0.1) is 0 Å². The van der Waals surface area contributed by atoms with Gasteiger partial charge in [-0.2, -0.15) is 0 Å². The van der Waals surface area contributed by atoms with E-state index in [2.05, 4.69) is 10.6 Å². The van der Waals surface area contributed by atoms with Crippen molar-refractivity contribution in [1.29, 1.82) is 0 Å². The second-order valence-electron chi connectivity index (χ2n) is 5.39. The molecule has 0 saturated carbocycles. The van der Waals surface area contributed by atoms with Crippen molar-refractivity contribution in [2.75, 3.05) is 25.0 Å². The van der Waals surface area contributed by atoms with Gasteiger partial charge in [-0.25, -0.2) is 0 Å². The van der Waals surface area contributed by atoms with Gasteiger partial charge in [0.2, 0.25) is 0 Å². The minimum absolute atomic E-state index is 0.220. The molecule has 5 heteroatoms. The van der Waals surface area contributed by atoms with Crippen LogP contribution < -0.4 is 15.4 Å². The van der Waals surface area contributed by atoms with Crippen LogP contribution in [0.5, 0.6) is 5.75 Å². The van der Waals surface area contributed by atoms with Gasteiger partial charge in [0, 0.05) is 13.1 Å². The minimum Gasteiger partial charge on any atom is -0.489 e. The largest absolute Gasteiger partial charge is 0.489 e. The molecule has 0 radical (unpaired) electrons. The third kappa shape index (κ3) is 3.42. The number of amides is 1. The van der Waals surface area contributed by atoms with Crippen LogP contribution in [0.25, 0.3) is 0 Å². The lowest BCUT2D eigenvalue weighted by Gasteiger charge is -2.24. The first-order chi connectivity index (χ1) is 9.53. The Morgan fingerprint density at radius 2 is 2.35 bits per heavy atom. The molecule has 3 N–H and O–H groups in total. The molecule has 0 fully saturated rings. The first-order valence-electron chi connectivity index (χ1n) is 7.04. The van der Waals surface area contributed by atoms with Crippen LogP contribution >= 0.6 is 0 Å². The Morgan fingerprint density at radius 3 is 3.10 bits per heavy atom. The molecule has 1 aromatic carbocycles. The fourth-order valence-electron chi connectivity index (χ4n) is 2.34. The van der Waals surface area contributed by atoms with Crippen LogP contribution in [0.3, 0.4) is 0 Å². The molecule has 0 aliphatic carbocycles. The number of fused-ring (bicyclic) bond motifs is 1. The van der Waals surface area contributed by atoms with Crippen LogP contribution in [0.15, 0.2) is 18.2 Å². The van der Waals surface area contributed by atoms with Gasteiger partial charge < -0.3 is 20.5 Å². The summed E-state index contributed by atoms with van der Waals surface area (Å²) in [5.74, 6) is 0.369. The van der Waals surface area contributed by atoms with E-state index in [1.165, 1.54) is 0 Å². The molecule has 2 rings (SSSR count). The maximum Gasteiger partial charge on any atom is 0.255 e. The predicted molar refractivity (Wildman–Crippen MR) is 78.3 cm³/mol. The Kier molecular flexibility index (Phi) is 4.49. The van der Waals surface area contributed by atoms with E-state index in [4.69, 9.17) is 4.74 Å². The molecule has 5 nitrogen and oxygen atoms in total. The third-order valence-corrected chi connectivity index (χ3v) is 3.34. The third-order valence-electron chi connectivity index (χ3n) is 3.34. The fourth-order valence-corrected chi connectivity index (χ4v) is 2.34. The number of hydrogen-bond acceptors (Lipinski definition) is 4. The van der Waals surface area contributed by atoms with Gasteiger partial charge in [0.05, 0.1) is 16.9 Å². The molecule has 1 aliphatic rings. The normalized spacial score (nSPS) is 16.4. The van der Waals surface area contributed by atoms with Crippen LogP contribution in [0.1, 0.15) is 37.0 Å². The van der Waals surface area contributed by atoms with Gasteiger partial charge in [0.25, 0.3) is 5.91 Å². The number of nitrogens with one attached hydrogen (secondary N) is 2. The van der Waals surface area contributed by atoms with E-state index in [1.807, 2.05) is 19.1 Å². The molecule has 0 saturated heterocycles. The molecule has 0 spiro atoms. The molecule has 110 valence electrons. The second-order valence-corrected chi connectivity index (χ2v) is 5.39. The number of rotatable bonds is 5. The van der Waals surface area contributed by atoms with Crippen LogP contribution in [-0.4, -0.2) is 36.3 Å². The zero-order valence-corrected chi connectivity index (χ0v) is 12.0. The van der Waals surface area contributed by atoms with E-state index in [0.29, 0.717) is 24.3 Å². The number of para-hydroxylation sites is 1. The Hall–Kier alpha value is -1.75. The standard InChI is InChI=1S/C15H22N2O3/c1-3-7-15(2,19)10-17-14(18)11-5-4-6-12-13(11)20-9-8-16-12/h4-6,16,19H,3,7-10H2,1-2H3,(H,17,18). The lowest BCUT2D eigenvalue weighted by molar-refractivity contribution is 0.0468. The Morgan fingerprint density at radius 1 is 1.55 bits per heavy atom. The quantitative estimate of drug-likeness (QED) is 0.767. The predicted octanol–water partition coefficient (Wildman–Crippen LogP) is 1.77. The highest BCUT2D eigenvalue weighted by Crippen LogP contribution is 2.31. The zero-order valence-electron chi connectivity index (χ0n) is 12.0. The smallest absolute Gasteiger partial charge is 0.255 e. The first-order valence-corrected chi connectivity index (χ1v) is 7.04. The Labute approximate surface area is 119 Å². The van der Waals surface area contributed by atoms with E-state index < -0.39 is 5.60 Å².